The van der Waals surface area contributed by atoms with E-state index in [1.165, 1.54) is 32.1 Å². The number of fused-ring (bicyclic) bond motifs is 1. The topological polar surface area (TPSA) is 48.7 Å². The van der Waals surface area contributed by atoms with Crippen LogP contribution < -0.4 is 5.32 Å². The number of anilines is 1. The Balaban J connectivity index is 1.63. The van der Waals surface area contributed by atoms with Crippen LogP contribution in [0.5, 0.6) is 0 Å². The van der Waals surface area contributed by atoms with Gasteiger partial charge < -0.3 is 5.32 Å². The lowest BCUT2D eigenvalue weighted by Gasteiger charge is -2.11. The molecule has 0 unspecified atom stereocenters. The predicted octanol–water partition coefficient (Wildman–Crippen LogP) is 4.49. The number of para-hydroxylation sites is 1. The normalized spacial score (nSPS) is 15.2. The molecule has 2 aromatic rings. The summed E-state index contributed by atoms with van der Waals surface area (Å²) in [6, 6.07) is 12.1. The van der Waals surface area contributed by atoms with Crippen molar-refractivity contribution < 1.29 is 0 Å². The second kappa shape index (κ2) is 6.58. The van der Waals surface area contributed by atoms with Gasteiger partial charge in [-0.2, -0.15) is 5.26 Å². The number of nitriles is 1. The van der Waals surface area contributed by atoms with Crippen molar-refractivity contribution in [3.05, 3.63) is 35.9 Å². The van der Waals surface area contributed by atoms with Gasteiger partial charge in [0.2, 0.25) is 0 Å². The molecular weight excluding hydrogens is 258 g/mol. The fourth-order valence-corrected chi connectivity index (χ4v) is 3.23. The molecule has 21 heavy (non-hydrogen) atoms. The van der Waals surface area contributed by atoms with Crippen LogP contribution in [0, 0.1) is 17.2 Å². The molecule has 1 N–H and O–H groups in total. The monoisotopic (exact) mass is 279 g/mol. The summed E-state index contributed by atoms with van der Waals surface area (Å²) in [4.78, 5) is 4.58. The maximum atomic E-state index is 9.28. The molecule has 0 spiro atoms. The predicted molar refractivity (Wildman–Crippen MR) is 86.1 cm³/mol. The van der Waals surface area contributed by atoms with Gasteiger partial charge in [-0.3, -0.25) is 0 Å². The molecule has 0 atom stereocenters. The fourth-order valence-electron chi connectivity index (χ4n) is 3.23. The number of nitrogens with one attached hydrogen (secondary N) is 1. The molecule has 1 aliphatic carbocycles. The zero-order valence-electron chi connectivity index (χ0n) is 12.3. The van der Waals surface area contributed by atoms with Gasteiger partial charge in [-0.1, -0.05) is 43.9 Å². The largest absolute Gasteiger partial charge is 0.369 e. The number of pyridine rings is 1. The van der Waals surface area contributed by atoms with Gasteiger partial charge in [0.1, 0.15) is 11.9 Å². The molecule has 3 rings (SSSR count). The Hall–Kier alpha value is -2.08. The number of hydrogen-bond donors (Lipinski definition) is 1. The van der Waals surface area contributed by atoms with Crippen LogP contribution in [-0.2, 0) is 0 Å². The van der Waals surface area contributed by atoms with E-state index in [1.54, 1.807) is 0 Å². The minimum absolute atomic E-state index is 0.634. The third-order valence-electron chi connectivity index (χ3n) is 4.40. The Morgan fingerprint density at radius 1 is 1.24 bits per heavy atom. The van der Waals surface area contributed by atoms with Crippen molar-refractivity contribution >= 4 is 16.7 Å². The lowest BCUT2D eigenvalue weighted by Crippen LogP contribution is -2.07. The van der Waals surface area contributed by atoms with Gasteiger partial charge in [0.15, 0.2) is 0 Å². The summed E-state index contributed by atoms with van der Waals surface area (Å²) in [5, 5.41) is 13.6. The van der Waals surface area contributed by atoms with E-state index in [0.717, 1.165) is 35.6 Å². The molecule has 1 aromatic carbocycles. The standard InChI is InChI=1S/C18H21N3/c19-13-16-12-15-9-3-4-10-17(15)21-18(16)20-11-5-8-14-6-1-2-7-14/h3-4,9-10,12,14H,1-2,5-8,11H2,(H,20,21). The molecule has 3 nitrogen and oxygen atoms in total. The molecule has 1 aliphatic rings. The summed E-state index contributed by atoms with van der Waals surface area (Å²) >= 11 is 0. The smallest absolute Gasteiger partial charge is 0.144 e. The van der Waals surface area contributed by atoms with Crippen LogP contribution in [0.15, 0.2) is 30.3 Å². The average molecular weight is 279 g/mol. The molecule has 1 fully saturated rings. The van der Waals surface area contributed by atoms with Gasteiger partial charge in [0.05, 0.1) is 11.1 Å². The van der Waals surface area contributed by atoms with Crippen molar-refractivity contribution in [3.63, 3.8) is 0 Å². The lowest BCUT2D eigenvalue weighted by molar-refractivity contribution is 0.491. The summed E-state index contributed by atoms with van der Waals surface area (Å²) < 4.78 is 0. The van der Waals surface area contributed by atoms with Gasteiger partial charge in [0.25, 0.3) is 0 Å². The van der Waals surface area contributed by atoms with Crippen LogP contribution in [0.25, 0.3) is 10.9 Å². The van der Waals surface area contributed by atoms with E-state index < -0.39 is 0 Å². The Morgan fingerprint density at radius 2 is 2.05 bits per heavy atom. The molecule has 0 saturated heterocycles. The highest BCUT2D eigenvalue weighted by Gasteiger charge is 2.14. The maximum absolute atomic E-state index is 9.28. The summed E-state index contributed by atoms with van der Waals surface area (Å²) in [7, 11) is 0. The molecular formula is C18H21N3. The third-order valence-corrected chi connectivity index (χ3v) is 4.40. The maximum Gasteiger partial charge on any atom is 0.144 e. The van der Waals surface area contributed by atoms with Gasteiger partial charge in [0, 0.05) is 11.9 Å². The van der Waals surface area contributed by atoms with E-state index in [1.807, 2.05) is 30.3 Å². The zero-order valence-corrected chi connectivity index (χ0v) is 12.3. The van der Waals surface area contributed by atoms with E-state index >= 15 is 0 Å². The van der Waals surface area contributed by atoms with Crippen LogP contribution >= 0.6 is 0 Å². The SMILES string of the molecule is N#Cc1cc2ccccc2nc1NCCCC1CCCC1. The Labute approximate surface area is 126 Å². The van der Waals surface area contributed by atoms with E-state index in [4.69, 9.17) is 0 Å². The highest BCUT2D eigenvalue weighted by atomic mass is 15.0. The van der Waals surface area contributed by atoms with Gasteiger partial charge in [-0.15, -0.1) is 0 Å². The van der Waals surface area contributed by atoms with E-state index in [2.05, 4.69) is 16.4 Å². The van der Waals surface area contributed by atoms with Gasteiger partial charge in [-0.25, -0.2) is 4.98 Å². The molecule has 0 amide bonds. The second-order valence-corrected chi connectivity index (χ2v) is 5.91. The molecule has 0 bridgehead atoms. The number of rotatable bonds is 5. The lowest BCUT2D eigenvalue weighted by atomic mass is 10.0. The van der Waals surface area contributed by atoms with Crippen molar-refractivity contribution in [2.75, 3.05) is 11.9 Å². The van der Waals surface area contributed by atoms with Crippen LogP contribution in [-0.4, -0.2) is 11.5 Å². The van der Waals surface area contributed by atoms with Crippen molar-refractivity contribution in [3.8, 4) is 6.07 Å². The van der Waals surface area contributed by atoms with E-state index in [0.29, 0.717) is 5.56 Å². The Bertz CT molecular complexity index is 651. The average Bonchev–Trinajstić information content (AvgIpc) is 3.04. The Kier molecular flexibility index (Phi) is 4.35. The molecule has 1 aromatic heterocycles. The van der Waals surface area contributed by atoms with Crippen molar-refractivity contribution in [2.24, 2.45) is 5.92 Å². The highest BCUT2D eigenvalue weighted by molar-refractivity contribution is 5.82. The first-order chi connectivity index (χ1) is 10.4. The molecule has 1 heterocycles. The molecule has 0 aliphatic heterocycles. The zero-order chi connectivity index (χ0) is 14.5. The van der Waals surface area contributed by atoms with Crippen molar-refractivity contribution in [1.82, 2.24) is 4.98 Å². The highest BCUT2D eigenvalue weighted by Crippen LogP contribution is 2.28. The summed E-state index contributed by atoms with van der Waals surface area (Å²) in [6.45, 7) is 0.899. The van der Waals surface area contributed by atoms with Crippen molar-refractivity contribution in [2.45, 2.75) is 38.5 Å². The van der Waals surface area contributed by atoms with E-state index in [-0.39, 0.29) is 0 Å². The summed E-state index contributed by atoms with van der Waals surface area (Å²) in [6.07, 6.45) is 8.06. The minimum atomic E-state index is 0.634. The number of nitrogens with zero attached hydrogens (tertiary/aromatic N) is 2. The number of hydrogen-bond acceptors (Lipinski definition) is 3. The van der Waals surface area contributed by atoms with Gasteiger partial charge >= 0.3 is 0 Å². The first-order valence-corrected chi connectivity index (χ1v) is 7.90. The minimum Gasteiger partial charge on any atom is -0.369 e. The first-order valence-electron chi connectivity index (χ1n) is 7.90. The third kappa shape index (κ3) is 3.33. The number of benzene rings is 1. The molecule has 3 heteroatoms. The second-order valence-electron chi connectivity index (χ2n) is 5.91. The first kappa shape index (κ1) is 13.9. The van der Waals surface area contributed by atoms with Crippen LogP contribution in [0.3, 0.4) is 0 Å². The Morgan fingerprint density at radius 3 is 2.86 bits per heavy atom. The summed E-state index contributed by atoms with van der Waals surface area (Å²) in [5.41, 5.74) is 1.57. The van der Waals surface area contributed by atoms with E-state index in [9.17, 15) is 5.26 Å². The van der Waals surface area contributed by atoms with Crippen LogP contribution in [0.2, 0.25) is 0 Å². The molecule has 108 valence electrons. The molecule has 0 radical (unpaired) electrons. The van der Waals surface area contributed by atoms with Crippen LogP contribution in [0.4, 0.5) is 5.82 Å². The quantitative estimate of drug-likeness (QED) is 0.820. The fraction of sp³-hybridized carbons (Fsp3) is 0.444. The van der Waals surface area contributed by atoms with Crippen LogP contribution in [0.1, 0.15) is 44.1 Å². The van der Waals surface area contributed by atoms with Gasteiger partial charge in [-0.05, 0) is 30.9 Å². The number of aromatic nitrogens is 1. The van der Waals surface area contributed by atoms with Crippen molar-refractivity contribution in [1.29, 1.82) is 5.26 Å². The summed E-state index contributed by atoms with van der Waals surface area (Å²) in [5.74, 6) is 1.65. The molecule has 1 saturated carbocycles.